The van der Waals surface area contributed by atoms with Crippen molar-refractivity contribution in [2.75, 3.05) is 24.9 Å². The molecule has 25 heteroatoms. The van der Waals surface area contributed by atoms with Gasteiger partial charge in [-0.05, 0) is 6.26 Å². The Morgan fingerprint density at radius 3 is 2.48 bits per heavy atom. The summed E-state index contributed by atoms with van der Waals surface area (Å²) in [4.78, 5) is 56.6. The lowest BCUT2D eigenvalue weighted by atomic mass is 10.1. The van der Waals surface area contributed by atoms with E-state index in [-0.39, 0.29) is 22.8 Å². The Hall–Kier alpha value is -2.89. The molecule has 22 nitrogen and oxygen atoms in total. The fourth-order valence-electron chi connectivity index (χ4n) is 5.34. The number of imidazole rings is 2. The van der Waals surface area contributed by atoms with Crippen molar-refractivity contribution in [2.24, 2.45) is 0 Å². The van der Waals surface area contributed by atoms with Gasteiger partial charge in [0.15, 0.2) is 41.9 Å². The number of aromatic amines is 1. The van der Waals surface area contributed by atoms with Crippen molar-refractivity contribution in [3.63, 3.8) is 0 Å². The van der Waals surface area contributed by atoms with Crippen LogP contribution >= 0.6 is 27.2 Å². The standard InChI is InChI=1S/C21H25N9O13P2S/c1-46-17-9-14(23-3-24-17)29(5-26-9)18-10(31)12-7(40-18)2-39-45(36,37)43-13-11(32)20(38-6-44(34,35)42-12)41-19(13)30-4-25-8-15(30)27-21(22)28-16(8)33/h3-5,7,10-13,18-20,31-32H,2,6H2,1H3,(H,34,35)(H,36,37)(H3,22,27,28,33)/t7-,10-,11+,12-,13-,18-,19-,20+/m1/s1. The molecule has 0 aliphatic carbocycles. The molecular weight excluding hydrogens is 680 g/mol. The van der Waals surface area contributed by atoms with E-state index < -0.39 is 83.2 Å². The second-order valence-corrected chi connectivity index (χ2v) is 14.2. The highest BCUT2D eigenvalue weighted by atomic mass is 32.2. The van der Waals surface area contributed by atoms with E-state index in [9.17, 15) is 33.9 Å². The maximum Gasteiger partial charge on any atom is 0.472 e. The molecular formula is C21H25N9O13P2S. The molecule has 46 heavy (non-hydrogen) atoms. The second kappa shape index (κ2) is 11.7. The van der Waals surface area contributed by atoms with E-state index in [1.165, 1.54) is 29.0 Å². The summed E-state index contributed by atoms with van der Waals surface area (Å²) < 4.78 is 61.8. The summed E-state index contributed by atoms with van der Waals surface area (Å²) in [5.74, 6) is -0.285. The van der Waals surface area contributed by atoms with E-state index in [0.717, 1.165) is 10.9 Å². The lowest BCUT2D eigenvalue weighted by Gasteiger charge is -2.25. The Kier molecular flexibility index (Phi) is 8.04. The molecule has 3 aliphatic heterocycles. The van der Waals surface area contributed by atoms with Gasteiger partial charge in [-0.1, -0.05) is 0 Å². The number of H-pyrrole nitrogens is 1. The molecule has 2 bridgehead atoms. The zero-order chi connectivity index (χ0) is 32.5. The van der Waals surface area contributed by atoms with Crippen molar-refractivity contribution in [3.05, 3.63) is 29.3 Å². The minimum atomic E-state index is -5.12. The monoisotopic (exact) mass is 705 g/mol. The Morgan fingerprint density at radius 1 is 0.978 bits per heavy atom. The molecule has 0 radical (unpaired) electrons. The zero-order valence-corrected chi connectivity index (χ0v) is 25.8. The van der Waals surface area contributed by atoms with Crippen LogP contribution in [-0.2, 0) is 36.9 Å². The van der Waals surface area contributed by atoms with Crippen LogP contribution in [0.1, 0.15) is 12.5 Å². The number of nitrogens with one attached hydrogen (secondary N) is 1. The predicted molar refractivity (Wildman–Crippen MR) is 151 cm³/mol. The molecule has 7 heterocycles. The van der Waals surface area contributed by atoms with Crippen LogP contribution in [0, 0.1) is 0 Å². The fourth-order valence-corrected chi connectivity index (χ4v) is 7.80. The van der Waals surface area contributed by atoms with E-state index in [4.69, 9.17) is 33.5 Å². The molecule has 0 aromatic carbocycles. The van der Waals surface area contributed by atoms with Gasteiger partial charge in [-0.15, -0.1) is 11.8 Å². The Bertz CT molecular complexity index is 1960. The highest BCUT2D eigenvalue weighted by Crippen LogP contribution is 2.53. The number of hydrogen-bond donors (Lipinski definition) is 6. The number of phosphoric acid groups is 1. The number of hydrogen-bond acceptors (Lipinski definition) is 18. The number of nitrogens with zero attached hydrogens (tertiary/aromatic N) is 7. The van der Waals surface area contributed by atoms with Gasteiger partial charge in [0, 0.05) is 0 Å². The first-order valence-corrected chi connectivity index (χ1v) is 17.7. The van der Waals surface area contributed by atoms with Crippen LogP contribution in [0.3, 0.4) is 0 Å². The number of phosphoric ester groups is 1. The lowest BCUT2D eigenvalue weighted by molar-refractivity contribution is -0.168. The van der Waals surface area contributed by atoms with Crippen molar-refractivity contribution in [1.82, 2.24) is 39.0 Å². The van der Waals surface area contributed by atoms with Crippen LogP contribution < -0.4 is 11.3 Å². The van der Waals surface area contributed by atoms with E-state index in [1.807, 2.05) is 0 Å². The molecule has 0 amide bonds. The number of thioether (sulfide) groups is 1. The first kappa shape index (κ1) is 31.7. The molecule has 4 aromatic rings. The van der Waals surface area contributed by atoms with Crippen molar-refractivity contribution >= 4 is 55.5 Å². The summed E-state index contributed by atoms with van der Waals surface area (Å²) in [7, 11) is -9.89. The minimum Gasteiger partial charge on any atom is -0.386 e. The molecule has 2 unspecified atom stereocenters. The topological polar surface area (TPSA) is 304 Å². The molecule has 0 saturated carbocycles. The third kappa shape index (κ3) is 5.56. The number of aromatic nitrogens is 8. The highest BCUT2D eigenvalue weighted by molar-refractivity contribution is 7.98. The Balaban J connectivity index is 1.20. The summed E-state index contributed by atoms with van der Waals surface area (Å²) in [6.45, 7) is -0.802. The van der Waals surface area contributed by atoms with Crippen molar-refractivity contribution in [1.29, 1.82) is 0 Å². The number of nitrogen functional groups attached to an aromatic ring is 1. The first-order chi connectivity index (χ1) is 21.9. The van der Waals surface area contributed by atoms with E-state index in [1.54, 1.807) is 6.26 Å². The van der Waals surface area contributed by atoms with Gasteiger partial charge in [0.05, 0.1) is 19.3 Å². The van der Waals surface area contributed by atoms with E-state index >= 15 is 0 Å². The zero-order valence-electron chi connectivity index (χ0n) is 23.2. The largest absolute Gasteiger partial charge is 0.472 e. The average Bonchev–Trinajstić information content (AvgIpc) is 3.76. The van der Waals surface area contributed by atoms with Crippen LogP contribution in [0.4, 0.5) is 5.95 Å². The lowest BCUT2D eigenvalue weighted by Crippen LogP contribution is -2.36. The summed E-state index contributed by atoms with van der Waals surface area (Å²) in [5, 5.41) is 22.7. The number of anilines is 1. The number of fused-ring (bicyclic) bond motifs is 5. The van der Waals surface area contributed by atoms with Gasteiger partial charge in [0.2, 0.25) is 5.95 Å². The Labute approximate surface area is 260 Å². The maximum absolute atomic E-state index is 13.2. The van der Waals surface area contributed by atoms with E-state index in [0.29, 0.717) is 10.5 Å². The normalized spacial score (nSPS) is 37.2. The third-order valence-corrected chi connectivity index (χ3v) is 10.1. The maximum atomic E-state index is 13.2. The van der Waals surface area contributed by atoms with Gasteiger partial charge in [0.1, 0.15) is 47.4 Å². The smallest absolute Gasteiger partial charge is 0.386 e. The summed E-state index contributed by atoms with van der Waals surface area (Å²) in [6.07, 6.45) is -8.46. The van der Waals surface area contributed by atoms with Gasteiger partial charge >= 0.3 is 15.4 Å². The number of rotatable bonds is 3. The number of ether oxygens (including phenoxy) is 3. The average molecular weight is 705 g/mol. The first-order valence-electron chi connectivity index (χ1n) is 13.2. The molecule has 3 saturated heterocycles. The SMILES string of the molecule is CSc1ncnc2c1ncn2[C@@H]1O[C@@H]2COP(=O)(O)O[C@@H]3[C@H](O)[C@@H](OCP(=O)(O)O[C@H]2[C@H]1O)O[C@H]3n1cnc2c(=O)[nH]c(N)nc21. The van der Waals surface area contributed by atoms with E-state index in [2.05, 4.69) is 29.9 Å². The number of nitrogens with two attached hydrogens (primary N) is 1. The van der Waals surface area contributed by atoms with Crippen LogP contribution in [-0.4, -0.2) is 115 Å². The van der Waals surface area contributed by atoms with Crippen LogP contribution in [0.25, 0.3) is 22.3 Å². The summed E-state index contributed by atoms with van der Waals surface area (Å²) >= 11 is 1.31. The number of aliphatic hydroxyl groups is 2. The fraction of sp³-hybridized carbons (Fsp3) is 0.524. The molecule has 3 aliphatic rings. The van der Waals surface area contributed by atoms with Gasteiger partial charge in [-0.25, -0.2) is 24.5 Å². The highest BCUT2D eigenvalue weighted by Gasteiger charge is 2.54. The second-order valence-electron chi connectivity index (χ2n) is 10.3. The summed E-state index contributed by atoms with van der Waals surface area (Å²) in [6, 6.07) is 0. The molecule has 7 rings (SSSR count). The number of aliphatic hydroxyl groups excluding tert-OH is 2. The van der Waals surface area contributed by atoms with Gasteiger partial charge in [0.25, 0.3) is 5.56 Å². The van der Waals surface area contributed by atoms with Crippen LogP contribution in [0.2, 0.25) is 0 Å². The molecule has 7 N–H and O–H groups in total. The molecule has 3 fully saturated rings. The molecule has 4 aromatic heterocycles. The van der Waals surface area contributed by atoms with Gasteiger partial charge in [-0.3, -0.25) is 37.0 Å². The predicted octanol–water partition coefficient (Wildman–Crippen LogP) is -1.20. The van der Waals surface area contributed by atoms with Crippen molar-refractivity contribution in [2.45, 2.75) is 54.3 Å². The van der Waals surface area contributed by atoms with Crippen molar-refractivity contribution < 1.29 is 56.9 Å². The molecule has 248 valence electrons. The van der Waals surface area contributed by atoms with Crippen molar-refractivity contribution in [3.8, 4) is 0 Å². The summed E-state index contributed by atoms with van der Waals surface area (Å²) in [5.41, 5.74) is 5.31. The van der Waals surface area contributed by atoms with Crippen LogP contribution in [0.5, 0.6) is 0 Å². The van der Waals surface area contributed by atoms with Crippen LogP contribution in [0.15, 0.2) is 28.8 Å². The third-order valence-electron chi connectivity index (χ3n) is 7.34. The molecule has 10 atom stereocenters. The molecule has 0 spiro atoms. The minimum absolute atomic E-state index is 0.136. The Morgan fingerprint density at radius 2 is 1.72 bits per heavy atom. The quantitative estimate of drug-likeness (QED) is 0.0828. The van der Waals surface area contributed by atoms with Gasteiger partial charge in [-0.2, -0.15) is 4.98 Å². The van der Waals surface area contributed by atoms with Gasteiger partial charge < -0.3 is 39.9 Å².